The van der Waals surface area contributed by atoms with Crippen molar-refractivity contribution in [3.05, 3.63) is 24.1 Å². The summed E-state index contributed by atoms with van der Waals surface area (Å²) in [6.45, 7) is 0. The first kappa shape index (κ1) is 6.22. The smallest absolute Gasteiger partial charge is 0.166 e. The van der Waals surface area contributed by atoms with Gasteiger partial charge in [0.1, 0.15) is 0 Å². The van der Waals surface area contributed by atoms with Gasteiger partial charge in [-0.25, -0.2) is 0 Å². The van der Waals surface area contributed by atoms with Gasteiger partial charge in [-0.2, -0.15) is 0 Å². The number of rotatable bonds is 1. The number of carbonyl (C=O) groups is 1. The van der Waals surface area contributed by atoms with Crippen LogP contribution in [-0.4, -0.2) is 10.9 Å². The second-order valence-corrected chi connectivity index (χ2v) is 2.42. The molecule has 0 atom stereocenters. The second-order valence-electron chi connectivity index (χ2n) is 2.42. The van der Waals surface area contributed by atoms with Gasteiger partial charge >= 0.3 is 0 Å². The summed E-state index contributed by atoms with van der Waals surface area (Å²) in [7, 11) is 1.83. The van der Waals surface area contributed by atoms with Crippen LogP contribution in [0.4, 0.5) is 0 Å². The number of hydrogen-bond acceptors (Lipinski definition) is 2. The lowest BCUT2D eigenvalue weighted by molar-refractivity contribution is 0.111. The quantitative estimate of drug-likeness (QED) is 0.577. The molecule has 0 aliphatic heterocycles. The Balaban J connectivity index is 2.86. The Morgan fingerprint density at radius 1 is 1.64 bits per heavy atom. The van der Waals surface area contributed by atoms with Crippen molar-refractivity contribution in [1.29, 1.82) is 0 Å². The second kappa shape index (κ2) is 1.99. The first-order valence-electron chi connectivity index (χ1n) is 3.31. The molecule has 0 fully saturated rings. The van der Waals surface area contributed by atoms with Crippen LogP contribution < -0.4 is 0 Å². The third kappa shape index (κ3) is 0.707. The monoisotopic (exact) mass is 149 g/mol. The zero-order valence-electron chi connectivity index (χ0n) is 6.07. The Bertz CT molecular complexity index is 397. The molecule has 0 bridgehead atoms. The van der Waals surface area contributed by atoms with Crippen molar-refractivity contribution in [2.24, 2.45) is 7.05 Å². The summed E-state index contributed by atoms with van der Waals surface area (Å²) in [5, 5.41) is 0. The van der Waals surface area contributed by atoms with Crippen molar-refractivity contribution in [3.8, 4) is 0 Å². The fraction of sp³-hybridized carbons (Fsp3) is 0.125. The Hall–Kier alpha value is -1.51. The van der Waals surface area contributed by atoms with E-state index >= 15 is 0 Å². The van der Waals surface area contributed by atoms with Gasteiger partial charge in [0.2, 0.25) is 0 Å². The third-order valence-corrected chi connectivity index (χ3v) is 1.82. The molecule has 0 unspecified atom stereocenters. The molecule has 2 rings (SSSR count). The van der Waals surface area contributed by atoms with Crippen molar-refractivity contribution in [2.45, 2.75) is 0 Å². The van der Waals surface area contributed by atoms with Gasteiger partial charge in [0.15, 0.2) is 11.9 Å². The van der Waals surface area contributed by atoms with Gasteiger partial charge < -0.3 is 8.98 Å². The van der Waals surface area contributed by atoms with E-state index in [2.05, 4.69) is 0 Å². The predicted octanol–water partition coefficient (Wildman–Crippen LogP) is 1.58. The van der Waals surface area contributed by atoms with Crippen LogP contribution in [0.25, 0.3) is 11.1 Å². The topological polar surface area (TPSA) is 35.1 Å². The zero-order valence-corrected chi connectivity index (χ0v) is 6.07. The van der Waals surface area contributed by atoms with Crippen LogP contribution >= 0.6 is 0 Å². The number of aldehydes is 1. The average Bonchev–Trinajstić information content (AvgIpc) is 2.53. The minimum absolute atomic E-state index is 0.638. The fourth-order valence-corrected chi connectivity index (χ4v) is 1.18. The van der Waals surface area contributed by atoms with Crippen molar-refractivity contribution < 1.29 is 9.21 Å². The summed E-state index contributed by atoms with van der Waals surface area (Å²) >= 11 is 0. The van der Waals surface area contributed by atoms with Crippen molar-refractivity contribution in [1.82, 2.24) is 4.57 Å². The standard InChI is InChI=1S/C8H7NO2/c1-9-6(5-10)4-8-7(9)2-3-11-8/h2-5H,1H3. The molecule has 0 saturated carbocycles. The summed E-state index contributed by atoms with van der Waals surface area (Å²) in [5.74, 6) is 0. The summed E-state index contributed by atoms with van der Waals surface area (Å²) in [6, 6.07) is 3.56. The zero-order chi connectivity index (χ0) is 7.84. The van der Waals surface area contributed by atoms with E-state index in [0.29, 0.717) is 5.69 Å². The summed E-state index contributed by atoms with van der Waals surface area (Å²) < 4.78 is 6.90. The van der Waals surface area contributed by atoms with E-state index in [1.807, 2.05) is 13.1 Å². The largest absolute Gasteiger partial charge is 0.463 e. The van der Waals surface area contributed by atoms with Crippen LogP contribution in [0, 0.1) is 0 Å². The first-order valence-corrected chi connectivity index (χ1v) is 3.31. The minimum Gasteiger partial charge on any atom is -0.463 e. The molecule has 3 nitrogen and oxygen atoms in total. The SMILES string of the molecule is Cn1c(C=O)cc2occc21. The van der Waals surface area contributed by atoms with E-state index in [9.17, 15) is 4.79 Å². The summed E-state index contributed by atoms with van der Waals surface area (Å²) in [6.07, 6.45) is 2.43. The van der Waals surface area contributed by atoms with E-state index in [4.69, 9.17) is 4.42 Å². The molecular weight excluding hydrogens is 142 g/mol. The highest BCUT2D eigenvalue weighted by molar-refractivity contribution is 5.85. The molecule has 0 amide bonds. The van der Waals surface area contributed by atoms with Crippen LogP contribution in [0.2, 0.25) is 0 Å². The van der Waals surface area contributed by atoms with Gasteiger partial charge in [0, 0.05) is 19.2 Å². The molecule has 11 heavy (non-hydrogen) atoms. The van der Waals surface area contributed by atoms with Crippen molar-refractivity contribution in [2.75, 3.05) is 0 Å². The number of aromatic nitrogens is 1. The van der Waals surface area contributed by atoms with Crippen LogP contribution in [0.5, 0.6) is 0 Å². The van der Waals surface area contributed by atoms with Gasteiger partial charge in [-0.3, -0.25) is 4.79 Å². The van der Waals surface area contributed by atoms with E-state index in [1.165, 1.54) is 0 Å². The number of hydrogen-bond donors (Lipinski definition) is 0. The van der Waals surface area contributed by atoms with E-state index < -0.39 is 0 Å². The molecule has 0 spiro atoms. The molecule has 0 aliphatic rings. The Kier molecular flexibility index (Phi) is 1.12. The van der Waals surface area contributed by atoms with E-state index in [1.54, 1.807) is 16.9 Å². The van der Waals surface area contributed by atoms with Gasteiger partial charge in [0.25, 0.3) is 0 Å². The van der Waals surface area contributed by atoms with Gasteiger partial charge in [-0.05, 0) is 0 Å². The van der Waals surface area contributed by atoms with Crippen molar-refractivity contribution in [3.63, 3.8) is 0 Å². The fourth-order valence-electron chi connectivity index (χ4n) is 1.18. The molecule has 56 valence electrons. The predicted molar refractivity (Wildman–Crippen MR) is 40.6 cm³/mol. The highest BCUT2D eigenvalue weighted by Crippen LogP contribution is 2.17. The first-order chi connectivity index (χ1) is 5.33. The summed E-state index contributed by atoms with van der Waals surface area (Å²) in [5.41, 5.74) is 2.35. The molecule has 2 aromatic heterocycles. The maximum absolute atomic E-state index is 10.4. The lowest BCUT2D eigenvalue weighted by Crippen LogP contribution is -1.92. The molecule has 0 radical (unpaired) electrons. The molecule has 0 saturated heterocycles. The average molecular weight is 149 g/mol. The number of carbonyl (C=O) groups excluding carboxylic acids is 1. The molecule has 0 aliphatic carbocycles. The molecule has 3 heteroatoms. The normalized spacial score (nSPS) is 10.6. The lowest BCUT2D eigenvalue weighted by Gasteiger charge is -1.91. The molecule has 2 heterocycles. The van der Waals surface area contributed by atoms with Gasteiger partial charge in [-0.15, -0.1) is 0 Å². The van der Waals surface area contributed by atoms with Crippen LogP contribution in [0.15, 0.2) is 22.8 Å². The summed E-state index contributed by atoms with van der Waals surface area (Å²) in [4.78, 5) is 10.4. The molecule has 2 aromatic rings. The van der Waals surface area contributed by atoms with Gasteiger partial charge in [-0.1, -0.05) is 0 Å². The van der Waals surface area contributed by atoms with Crippen LogP contribution in [-0.2, 0) is 7.05 Å². The molecular formula is C8H7NO2. The Morgan fingerprint density at radius 2 is 2.45 bits per heavy atom. The maximum atomic E-state index is 10.4. The molecule has 0 N–H and O–H groups in total. The number of furan rings is 1. The van der Waals surface area contributed by atoms with Crippen LogP contribution in [0.1, 0.15) is 10.5 Å². The van der Waals surface area contributed by atoms with Crippen molar-refractivity contribution >= 4 is 17.4 Å². The molecule has 0 aromatic carbocycles. The third-order valence-electron chi connectivity index (χ3n) is 1.82. The lowest BCUT2D eigenvalue weighted by atomic mass is 10.4. The number of nitrogens with zero attached hydrogens (tertiary/aromatic N) is 1. The number of fused-ring (bicyclic) bond motifs is 1. The van der Waals surface area contributed by atoms with E-state index in [-0.39, 0.29) is 0 Å². The Labute approximate surface area is 63.2 Å². The van der Waals surface area contributed by atoms with E-state index in [0.717, 1.165) is 17.4 Å². The minimum atomic E-state index is 0.638. The highest BCUT2D eigenvalue weighted by atomic mass is 16.3. The Morgan fingerprint density at radius 3 is 3.09 bits per heavy atom. The maximum Gasteiger partial charge on any atom is 0.166 e. The van der Waals surface area contributed by atoms with Gasteiger partial charge in [0.05, 0.1) is 17.5 Å². The number of aryl methyl sites for hydroxylation is 1. The van der Waals surface area contributed by atoms with Crippen LogP contribution in [0.3, 0.4) is 0 Å². The highest BCUT2D eigenvalue weighted by Gasteiger charge is 2.05.